The predicted octanol–water partition coefficient (Wildman–Crippen LogP) is 3.33. The molecule has 5 nitrogen and oxygen atoms in total. The first-order valence-corrected chi connectivity index (χ1v) is 7.65. The number of nitrogens with zero attached hydrogens (tertiary/aromatic N) is 3. The van der Waals surface area contributed by atoms with Crippen LogP contribution in [0.3, 0.4) is 0 Å². The van der Waals surface area contributed by atoms with Gasteiger partial charge in [-0.3, -0.25) is 4.90 Å². The van der Waals surface area contributed by atoms with Crippen LogP contribution in [0, 0.1) is 0 Å². The number of benzene rings is 1. The second-order valence-electron chi connectivity index (χ2n) is 5.68. The lowest BCUT2D eigenvalue weighted by atomic mass is 10.1. The first-order chi connectivity index (χ1) is 10.7. The van der Waals surface area contributed by atoms with Gasteiger partial charge in [-0.05, 0) is 13.5 Å². The van der Waals surface area contributed by atoms with Crippen molar-refractivity contribution in [3.05, 3.63) is 42.2 Å². The Bertz CT molecular complexity index is 636. The molecule has 5 heteroatoms. The van der Waals surface area contributed by atoms with Gasteiger partial charge in [0.1, 0.15) is 11.8 Å². The zero-order valence-electron chi connectivity index (χ0n) is 13.0. The second kappa shape index (κ2) is 6.75. The van der Waals surface area contributed by atoms with E-state index in [1.807, 2.05) is 36.4 Å². The van der Waals surface area contributed by atoms with Crippen molar-refractivity contribution in [3.8, 4) is 11.3 Å². The monoisotopic (exact) mass is 299 g/mol. The minimum Gasteiger partial charge on any atom is -0.391 e. The first-order valence-electron chi connectivity index (χ1n) is 7.65. The quantitative estimate of drug-likeness (QED) is 0.821. The number of rotatable bonds is 6. The van der Waals surface area contributed by atoms with Crippen LogP contribution in [-0.4, -0.2) is 35.5 Å². The fraction of sp³-hybridized carbons (Fsp3) is 0.412. The molecular weight excluding hydrogens is 278 g/mol. The summed E-state index contributed by atoms with van der Waals surface area (Å²) in [5.74, 6) is 0.857. The molecule has 1 aromatic heterocycles. The number of oxime groups is 1. The minimum atomic E-state index is 0.150. The van der Waals surface area contributed by atoms with E-state index in [0.29, 0.717) is 6.54 Å². The van der Waals surface area contributed by atoms with Gasteiger partial charge in [0.15, 0.2) is 5.76 Å². The Morgan fingerprint density at radius 1 is 1.27 bits per heavy atom. The van der Waals surface area contributed by atoms with Gasteiger partial charge in [0, 0.05) is 24.6 Å². The van der Waals surface area contributed by atoms with Crippen molar-refractivity contribution in [2.24, 2.45) is 5.16 Å². The summed E-state index contributed by atoms with van der Waals surface area (Å²) in [5.41, 5.74) is 3.09. The average molecular weight is 299 g/mol. The fourth-order valence-electron chi connectivity index (χ4n) is 2.60. The van der Waals surface area contributed by atoms with Crippen LogP contribution in [0.5, 0.6) is 0 Å². The third kappa shape index (κ3) is 3.54. The molecule has 116 valence electrons. The van der Waals surface area contributed by atoms with Gasteiger partial charge in [0.25, 0.3) is 0 Å². The molecule has 1 aliphatic rings. The molecule has 0 fully saturated rings. The van der Waals surface area contributed by atoms with E-state index in [2.05, 4.69) is 29.2 Å². The van der Waals surface area contributed by atoms with Crippen LogP contribution in [0.1, 0.15) is 25.5 Å². The van der Waals surface area contributed by atoms with Gasteiger partial charge < -0.3 is 9.36 Å². The highest BCUT2D eigenvalue weighted by molar-refractivity contribution is 5.85. The molecule has 1 aliphatic heterocycles. The molecule has 0 aliphatic carbocycles. The number of hydrogen-bond acceptors (Lipinski definition) is 5. The van der Waals surface area contributed by atoms with Crippen molar-refractivity contribution < 1.29 is 9.36 Å². The molecule has 0 unspecified atom stereocenters. The summed E-state index contributed by atoms with van der Waals surface area (Å²) < 4.78 is 5.44. The average Bonchev–Trinajstić information content (AvgIpc) is 3.17. The van der Waals surface area contributed by atoms with Gasteiger partial charge in [-0.1, -0.05) is 47.6 Å². The third-order valence-corrected chi connectivity index (χ3v) is 3.77. The molecule has 0 saturated heterocycles. The Morgan fingerprint density at radius 3 is 2.82 bits per heavy atom. The van der Waals surface area contributed by atoms with E-state index in [4.69, 9.17) is 9.36 Å². The smallest absolute Gasteiger partial charge is 0.151 e. The molecule has 2 aromatic rings. The molecule has 0 spiro atoms. The Morgan fingerprint density at radius 2 is 2.09 bits per heavy atom. The molecule has 3 rings (SSSR count). The van der Waals surface area contributed by atoms with Crippen molar-refractivity contribution >= 4 is 5.71 Å². The Kier molecular flexibility index (Phi) is 4.53. The molecule has 0 saturated carbocycles. The van der Waals surface area contributed by atoms with E-state index >= 15 is 0 Å². The standard InChI is InChI=1S/C17H21N3O2/c1-3-14-9-15(21-18-14)11-20(2)12-16-10-17(19-22-16)13-7-5-4-6-8-13/h4-8,10,15H,3,9,11-12H2,1-2H3/t15-/m1/s1. The number of aromatic nitrogens is 1. The van der Waals surface area contributed by atoms with Crippen molar-refractivity contribution in [1.29, 1.82) is 0 Å². The lowest BCUT2D eigenvalue weighted by Crippen LogP contribution is -2.28. The second-order valence-corrected chi connectivity index (χ2v) is 5.68. The van der Waals surface area contributed by atoms with Crippen LogP contribution in [0.15, 0.2) is 46.1 Å². The Balaban J connectivity index is 1.54. The summed E-state index contributed by atoms with van der Waals surface area (Å²) in [6, 6.07) is 12.0. The normalized spacial score (nSPS) is 17.6. The lowest BCUT2D eigenvalue weighted by molar-refractivity contribution is 0.0557. The zero-order chi connectivity index (χ0) is 15.4. The number of likely N-dealkylation sites (N-methyl/N-ethyl adjacent to an activating group) is 1. The minimum absolute atomic E-state index is 0.150. The topological polar surface area (TPSA) is 50.9 Å². The Hall–Kier alpha value is -2.14. The van der Waals surface area contributed by atoms with E-state index in [1.165, 1.54) is 0 Å². The highest BCUT2D eigenvalue weighted by Gasteiger charge is 2.21. The van der Waals surface area contributed by atoms with E-state index in [1.54, 1.807) is 0 Å². The molecule has 1 aromatic carbocycles. The maximum absolute atomic E-state index is 5.44. The van der Waals surface area contributed by atoms with E-state index < -0.39 is 0 Å². The number of hydrogen-bond donors (Lipinski definition) is 0. The van der Waals surface area contributed by atoms with Crippen LogP contribution < -0.4 is 0 Å². The van der Waals surface area contributed by atoms with Crippen LogP contribution in [0.4, 0.5) is 0 Å². The molecule has 0 radical (unpaired) electrons. The molecular formula is C17H21N3O2. The highest BCUT2D eigenvalue weighted by Crippen LogP contribution is 2.20. The van der Waals surface area contributed by atoms with Gasteiger partial charge in [0.2, 0.25) is 0 Å². The maximum Gasteiger partial charge on any atom is 0.151 e. The zero-order valence-corrected chi connectivity index (χ0v) is 13.0. The van der Waals surface area contributed by atoms with E-state index in [0.717, 1.165) is 42.1 Å². The summed E-state index contributed by atoms with van der Waals surface area (Å²) in [4.78, 5) is 7.61. The largest absolute Gasteiger partial charge is 0.391 e. The van der Waals surface area contributed by atoms with Crippen molar-refractivity contribution in [3.63, 3.8) is 0 Å². The van der Waals surface area contributed by atoms with Gasteiger partial charge in [-0.25, -0.2) is 0 Å². The molecule has 1 atom stereocenters. The van der Waals surface area contributed by atoms with Gasteiger partial charge >= 0.3 is 0 Å². The first kappa shape index (κ1) is 14.8. The van der Waals surface area contributed by atoms with Crippen molar-refractivity contribution in [2.45, 2.75) is 32.4 Å². The lowest BCUT2D eigenvalue weighted by Gasteiger charge is -2.17. The van der Waals surface area contributed by atoms with Crippen LogP contribution >= 0.6 is 0 Å². The van der Waals surface area contributed by atoms with E-state index in [-0.39, 0.29) is 6.10 Å². The third-order valence-electron chi connectivity index (χ3n) is 3.77. The molecule has 0 N–H and O–H groups in total. The highest BCUT2D eigenvalue weighted by atomic mass is 16.6. The summed E-state index contributed by atoms with van der Waals surface area (Å²) >= 11 is 0. The van der Waals surface area contributed by atoms with Crippen LogP contribution in [0.2, 0.25) is 0 Å². The predicted molar refractivity (Wildman–Crippen MR) is 85.5 cm³/mol. The molecule has 0 amide bonds. The Labute approximate surface area is 130 Å². The van der Waals surface area contributed by atoms with Crippen LogP contribution in [-0.2, 0) is 11.4 Å². The molecule has 2 heterocycles. The summed E-state index contributed by atoms with van der Waals surface area (Å²) in [5, 5.41) is 8.23. The summed E-state index contributed by atoms with van der Waals surface area (Å²) in [6.45, 7) is 3.64. The fourth-order valence-corrected chi connectivity index (χ4v) is 2.60. The van der Waals surface area contributed by atoms with Crippen molar-refractivity contribution in [1.82, 2.24) is 10.1 Å². The summed E-state index contributed by atoms with van der Waals surface area (Å²) in [6.07, 6.45) is 2.03. The van der Waals surface area contributed by atoms with Gasteiger partial charge in [0.05, 0.1) is 12.3 Å². The van der Waals surface area contributed by atoms with Gasteiger partial charge in [-0.2, -0.15) is 0 Å². The van der Waals surface area contributed by atoms with Crippen molar-refractivity contribution in [2.75, 3.05) is 13.6 Å². The maximum atomic E-state index is 5.44. The molecule has 0 bridgehead atoms. The SMILES string of the molecule is CCC1=NO[C@@H](CN(C)Cc2cc(-c3ccccc3)no2)C1. The molecule has 22 heavy (non-hydrogen) atoms. The summed E-state index contributed by atoms with van der Waals surface area (Å²) in [7, 11) is 2.05. The van der Waals surface area contributed by atoms with Crippen LogP contribution in [0.25, 0.3) is 11.3 Å². The van der Waals surface area contributed by atoms with E-state index in [9.17, 15) is 0 Å². The van der Waals surface area contributed by atoms with Gasteiger partial charge in [-0.15, -0.1) is 0 Å².